The second kappa shape index (κ2) is 6.70. The van der Waals surface area contributed by atoms with E-state index in [2.05, 4.69) is 31.9 Å². The third kappa shape index (κ3) is 3.40. The summed E-state index contributed by atoms with van der Waals surface area (Å²) in [4.78, 5) is 17.0. The maximum Gasteiger partial charge on any atom is 0.225 e. The lowest BCUT2D eigenvalue weighted by Gasteiger charge is -2.37. The summed E-state index contributed by atoms with van der Waals surface area (Å²) in [5.41, 5.74) is 1.40. The number of thiophene rings is 1. The fourth-order valence-electron chi connectivity index (χ4n) is 3.09. The van der Waals surface area contributed by atoms with E-state index in [0.29, 0.717) is 5.91 Å². The summed E-state index contributed by atoms with van der Waals surface area (Å²) >= 11 is 1.76. The highest BCUT2D eigenvalue weighted by Crippen LogP contribution is 2.17. The molecule has 4 nitrogen and oxygen atoms in total. The zero-order valence-electron chi connectivity index (χ0n) is 11.9. The average molecular weight is 293 g/mol. The van der Waals surface area contributed by atoms with Gasteiger partial charge in [-0.05, 0) is 48.3 Å². The number of carbonyl (C=O) groups is 1. The standard InChI is InChI=1S/C15H23N3OS/c19-15(14-1-4-16-5-2-14)18-8-6-17(7-9-18)11-13-3-10-20-12-13/h3,10,12,14,16H,1-2,4-9,11H2. The highest BCUT2D eigenvalue weighted by Gasteiger charge is 2.28. The second-order valence-electron chi connectivity index (χ2n) is 5.76. The maximum absolute atomic E-state index is 12.5. The molecule has 0 saturated carbocycles. The largest absolute Gasteiger partial charge is 0.340 e. The smallest absolute Gasteiger partial charge is 0.225 e. The molecule has 2 fully saturated rings. The minimum absolute atomic E-state index is 0.264. The molecule has 2 aliphatic rings. The van der Waals surface area contributed by atoms with Crippen LogP contribution in [0.3, 0.4) is 0 Å². The van der Waals surface area contributed by atoms with E-state index < -0.39 is 0 Å². The molecule has 0 atom stereocenters. The molecular formula is C15H23N3OS. The summed E-state index contributed by atoms with van der Waals surface area (Å²) < 4.78 is 0. The van der Waals surface area contributed by atoms with Gasteiger partial charge in [0.15, 0.2) is 0 Å². The van der Waals surface area contributed by atoms with Crippen LogP contribution < -0.4 is 5.32 Å². The Morgan fingerprint density at radius 2 is 2.00 bits per heavy atom. The molecule has 5 heteroatoms. The van der Waals surface area contributed by atoms with E-state index in [4.69, 9.17) is 0 Å². The van der Waals surface area contributed by atoms with Gasteiger partial charge in [-0.2, -0.15) is 11.3 Å². The van der Waals surface area contributed by atoms with Crippen LogP contribution in [-0.2, 0) is 11.3 Å². The van der Waals surface area contributed by atoms with Gasteiger partial charge in [0.1, 0.15) is 0 Å². The van der Waals surface area contributed by atoms with Crippen LogP contribution in [-0.4, -0.2) is 55.0 Å². The zero-order valence-corrected chi connectivity index (χ0v) is 12.7. The Labute approximate surface area is 124 Å². The van der Waals surface area contributed by atoms with E-state index in [0.717, 1.165) is 58.7 Å². The van der Waals surface area contributed by atoms with Gasteiger partial charge in [-0.3, -0.25) is 9.69 Å². The molecule has 2 saturated heterocycles. The van der Waals surface area contributed by atoms with E-state index in [9.17, 15) is 4.79 Å². The molecule has 1 aromatic heterocycles. The van der Waals surface area contributed by atoms with Crippen molar-refractivity contribution in [3.05, 3.63) is 22.4 Å². The van der Waals surface area contributed by atoms with Gasteiger partial charge in [0.2, 0.25) is 5.91 Å². The topological polar surface area (TPSA) is 35.6 Å². The van der Waals surface area contributed by atoms with E-state index in [1.165, 1.54) is 5.56 Å². The lowest BCUT2D eigenvalue weighted by molar-refractivity contribution is -0.138. The van der Waals surface area contributed by atoms with Crippen molar-refractivity contribution in [2.45, 2.75) is 19.4 Å². The summed E-state index contributed by atoms with van der Waals surface area (Å²) in [6.45, 7) is 6.82. The van der Waals surface area contributed by atoms with Crippen molar-refractivity contribution in [3.8, 4) is 0 Å². The van der Waals surface area contributed by atoms with Crippen molar-refractivity contribution in [2.24, 2.45) is 5.92 Å². The van der Waals surface area contributed by atoms with Crippen LogP contribution in [0.1, 0.15) is 18.4 Å². The Bertz CT molecular complexity index is 420. The molecule has 1 amide bonds. The maximum atomic E-state index is 12.5. The summed E-state index contributed by atoms with van der Waals surface area (Å²) in [5.74, 6) is 0.654. The summed E-state index contributed by atoms with van der Waals surface area (Å²) in [6, 6.07) is 2.19. The molecule has 110 valence electrons. The first-order valence-corrected chi connectivity index (χ1v) is 8.50. The predicted molar refractivity (Wildman–Crippen MR) is 81.8 cm³/mol. The van der Waals surface area contributed by atoms with E-state index in [1.807, 2.05) is 0 Å². The van der Waals surface area contributed by atoms with E-state index in [1.54, 1.807) is 11.3 Å². The molecule has 2 aliphatic heterocycles. The van der Waals surface area contributed by atoms with Crippen molar-refractivity contribution in [2.75, 3.05) is 39.3 Å². The molecule has 1 N–H and O–H groups in total. The first-order chi connectivity index (χ1) is 9.83. The SMILES string of the molecule is O=C(C1CCNCC1)N1CCN(Cc2ccsc2)CC1. The highest BCUT2D eigenvalue weighted by molar-refractivity contribution is 7.07. The predicted octanol–water partition coefficient (Wildman–Crippen LogP) is 1.39. The molecule has 1 aromatic rings. The van der Waals surface area contributed by atoms with E-state index >= 15 is 0 Å². The van der Waals surface area contributed by atoms with E-state index in [-0.39, 0.29) is 5.92 Å². The zero-order chi connectivity index (χ0) is 13.8. The number of hydrogen-bond acceptors (Lipinski definition) is 4. The van der Waals surface area contributed by atoms with Gasteiger partial charge >= 0.3 is 0 Å². The number of carbonyl (C=O) groups excluding carboxylic acids is 1. The summed E-state index contributed by atoms with van der Waals surface area (Å²) in [6.07, 6.45) is 2.02. The number of amides is 1. The van der Waals surface area contributed by atoms with Gasteiger partial charge < -0.3 is 10.2 Å². The Morgan fingerprint density at radius 3 is 2.65 bits per heavy atom. The first kappa shape index (κ1) is 14.0. The van der Waals surface area contributed by atoms with Crippen molar-refractivity contribution < 1.29 is 4.79 Å². The number of piperidine rings is 1. The van der Waals surface area contributed by atoms with Gasteiger partial charge in [-0.1, -0.05) is 0 Å². The minimum atomic E-state index is 0.264. The molecule has 20 heavy (non-hydrogen) atoms. The summed E-state index contributed by atoms with van der Waals surface area (Å²) in [7, 11) is 0. The van der Waals surface area contributed by atoms with Crippen LogP contribution in [0, 0.1) is 5.92 Å². The van der Waals surface area contributed by atoms with Crippen LogP contribution in [0.5, 0.6) is 0 Å². The third-order valence-corrected chi connectivity index (χ3v) is 5.09. The van der Waals surface area contributed by atoms with Crippen molar-refractivity contribution in [1.29, 1.82) is 0 Å². The fourth-order valence-corrected chi connectivity index (χ4v) is 3.75. The molecule has 0 aliphatic carbocycles. The first-order valence-electron chi connectivity index (χ1n) is 7.56. The molecule has 0 unspecified atom stereocenters. The number of nitrogens with zero attached hydrogens (tertiary/aromatic N) is 2. The lowest BCUT2D eigenvalue weighted by atomic mass is 9.96. The number of hydrogen-bond donors (Lipinski definition) is 1. The van der Waals surface area contributed by atoms with Gasteiger partial charge in [-0.15, -0.1) is 0 Å². The van der Waals surface area contributed by atoms with Crippen LogP contribution in [0.25, 0.3) is 0 Å². The Balaban J connectivity index is 1.46. The minimum Gasteiger partial charge on any atom is -0.340 e. The Kier molecular flexibility index (Phi) is 4.70. The fraction of sp³-hybridized carbons (Fsp3) is 0.667. The molecule has 0 aromatic carbocycles. The van der Waals surface area contributed by atoms with Crippen molar-refractivity contribution in [1.82, 2.24) is 15.1 Å². The highest BCUT2D eigenvalue weighted by atomic mass is 32.1. The van der Waals surface area contributed by atoms with Crippen molar-refractivity contribution >= 4 is 17.2 Å². The molecule has 0 spiro atoms. The quantitative estimate of drug-likeness (QED) is 0.915. The third-order valence-electron chi connectivity index (χ3n) is 4.36. The molecular weight excluding hydrogens is 270 g/mol. The lowest BCUT2D eigenvalue weighted by Crippen LogP contribution is -2.51. The average Bonchev–Trinajstić information content (AvgIpc) is 3.01. The van der Waals surface area contributed by atoms with Crippen LogP contribution in [0.15, 0.2) is 16.8 Å². The second-order valence-corrected chi connectivity index (χ2v) is 6.54. The monoisotopic (exact) mass is 293 g/mol. The van der Waals surface area contributed by atoms with Crippen LogP contribution in [0.4, 0.5) is 0 Å². The Morgan fingerprint density at radius 1 is 1.25 bits per heavy atom. The number of piperazine rings is 1. The van der Waals surface area contributed by atoms with Crippen LogP contribution in [0.2, 0.25) is 0 Å². The molecule has 0 radical (unpaired) electrons. The van der Waals surface area contributed by atoms with Crippen LogP contribution >= 0.6 is 11.3 Å². The van der Waals surface area contributed by atoms with Gasteiger partial charge in [0.25, 0.3) is 0 Å². The summed E-state index contributed by atoms with van der Waals surface area (Å²) in [5, 5.41) is 7.67. The van der Waals surface area contributed by atoms with Gasteiger partial charge in [-0.25, -0.2) is 0 Å². The molecule has 3 heterocycles. The molecule has 0 bridgehead atoms. The number of nitrogens with one attached hydrogen (secondary N) is 1. The molecule has 3 rings (SSSR count). The number of rotatable bonds is 3. The Hall–Kier alpha value is -0.910. The van der Waals surface area contributed by atoms with Gasteiger partial charge in [0.05, 0.1) is 0 Å². The normalized spacial score (nSPS) is 22.1. The van der Waals surface area contributed by atoms with Gasteiger partial charge in [0, 0.05) is 38.6 Å². The van der Waals surface area contributed by atoms with Crippen molar-refractivity contribution in [3.63, 3.8) is 0 Å².